The van der Waals surface area contributed by atoms with Gasteiger partial charge in [0.1, 0.15) is 5.78 Å². The van der Waals surface area contributed by atoms with Crippen LogP contribution in [0.25, 0.3) is 0 Å². The van der Waals surface area contributed by atoms with E-state index in [0.29, 0.717) is 5.78 Å². The smallest absolute Gasteiger partial charge is 0.139 e. The van der Waals surface area contributed by atoms with E-state index in [4.69, 9.17) is 0 Å². The first-order valence-electron chi connectivity index (χ1n) is 3.99. The summed E-state index contributed by atoms with van der Waals surface area (Å²) < 4.78 is 0. The summed E-state index contributed by atoms with van der Waals surface area (Å²) in [5.74, 6) is 0.854. The minimum absolute atomic E-state index is 0.185. The molecule has 2 fully saturated rings. The lowest BCUT2D eigenvalue weighted by atomic mass is 9.86. The van der Waals surface area contributed by atoms with Gasteiger partial charge in [0.25, 0.3) is 0 Å². The maximum absolute atomic E-state index is 11.2. The first-order chi connectivity index (χ1) is 4.77. The van der Waals surface area contributed by atoms with Crippen LogP contribution in [0.4, 0.5) is 0 Å². The maximum atomic E-state index is 11.2. The third-order valence-electron chi connectivity index (χ3n) is 2.78. The van der Waals surface area contributed by atoms with Crippen molar-refractivity contribution in [3.63, 3.8) is 0 Å². The Hall–Kier alpha value is -0.370. The number of fused-ring (bicyclic) bond motifs is 2. The highest BCUT2D eigenvalue weighted by Gasteiger charge is 2.40. The topological polar surface area (TPSA) is 37.3 Å². The Bertz CT molecular complexity index is 149. The number of hydrogen-bond donors (Lipinski definition) is 1. The number of carbonyl (C=O) groups excluding carboxylic acids is 1. The molecule has 0 spiro atoms. The number of carbonyl (C=O) groups is 1. The first-order valence-corrected chi connectivity index (χ1v) is 3.99. The van der Waals surface area contributed by atoms with E-state index in [2.05, 4.69) is 0 Å². The fourth-order valence-electron chi connectivity index (χ4n) is 2.24. The molecule has 2 saturated carbocycles. The number of rotatable bonds is 0. The summed E-state index contributed by atoms with van der Waals surface area (Å²) in [5, 5.41) is 9.26. The molecule has 0 aromatic carbocycles. The van der Waals surface area contributed by atoms with Crippen molar-refractivity contribution in [2.24, 2.45) is 11.8 Å². The van der Waals surface area contributed by atoms with Crippen LogP contribution < -0.4 is 0 Å². The predicted molar refractivity (Wildman–Crippen MR) is 36.5 cm³/mol. The molecule has 0 aliphatic heterocycles. The van der Waals surface area contributed by atoms with E-state index < -0.39 is 0 Å². The zero-order valence-electron chi connectivity index (χ0n) is 5.92. The highest BCUT2D eigenvalue weighted by molar-refractivity contribution is 5.86. The number of hydrogen-bond acceptors (Lipinski definition) is 2. The zero-order chi connectivity index (χ0) is 7.14. The summed E-state index contributed by atoms with van der Waals surface area (Å²) in [6.45, 7) is 0. The van der Waals surface area contributed by atoms with Crippen LogP contribution in [0.2, 0.25) is 0 Å². The molecule has 0 amide bonds. The van der Waals surface area contributed by atoms with Gasteiger partial charge in [-0.05, 0) is 25.7 Å². The van der Waals surface area contributed by atoms with Gasteiger partial charge in [0.15, 0.2) is 0 Å². The quantitative estimate of drug-likeness (QED) is 0.538. The van der Waals surface area contributed by atoms with Crippen molar-refractivity contribution in [3.05, 3.63) is 0 Å². The predicted octanol–water partition coefficient (Wildman–Crippen LogP) is 0.736. The van der Waals surface area contributed by atoms with E-state index in [-0.39, 0.29) is 17.9 Å². The van der Waals surface area contributed by atoms with Crippen molar-refractivity contribution in [1.29, 1.82) is 0 Å². The van der Waals surface area contributed by atoms with Crippen molar-refractivity contribution in [1.82, 2.24) is 0 Å². The van der Waals surface area contributed by atoms with E-state index in [0.717, 1.165) is 25.7 Å². The summed E-state index contributed by atoms with van der Waals surface area (Å²) in [6.07, 6.45) is 3.33. The molecule has 2 nitrogen and oxygen atoms in total. The Kier molecular flexibility index (Phi) is 1.31. The van der Waals surface area contributed by atoms with Crippen molar-refractivity contribution in [2.45, 2.75) is 31.8 Å². The maximum Gasteiger partial charge on any atom is 0.139 e. The van der Waals surface area contributed by atoms with Crippen LogP contribution >= 0.6 is 0 Å². The second-order valence-corrected chi connectivity index (χ2v) is 3.50. The first kappa shape index (κ1) is 6.35. The minimum atomic E-state index is -0.185. The molecule has 2 rings (SSSR count). The van der Waals surface area contributed by atoms with Crippen molar-refractivity contribution < 1.29 is 9.90 Å². The Labute approximate surface area is 60.2 Å². The highest BCUT2D eigenvalue weighted by atomic mass is 16.3. The van der Waals surface area contributed by atoms with Crippen LogP contribution in [0.5, 0.6) is 0 Å². The lowest BCUT2D eigenvalue weighted by Crippen LogP contribution is -2.28. The van der Waals surface area contributed by atoms with Gasteiger partial charge >= 0.3 is 0 Å². The van der Waals surface area contributed by atoms with Gasteiger partial charge in [-0.2, -0.15) is 0 Å². The Balaban J connectivity index is 2.16. The average molecular weight is 140 g/mol. The van der Waals surface area contributed by atoms with E-state index in [1.807, 2.05) is 0 Å². The van der Waals surface area contributed by atoms with Gasteiger partial charge in [0, 0.05) is 11.8 Å². The molecule has 0 aromatic rings. The SMILES string of the molecule is O=C1C2CCC1CC(O)C2. The molecule has 1 N–H and O–H groups in total. The fraction of sp³-hybridized carbons (Fsp3) is 0.875. The Morgan fingerprint density at radius 3 is 2.20 bits per heavy atom. The standard InChI is InChI=1S/C8H12O2/c9-7-3-5-1-2-6(4-7)8(5)10/h5-7,9H,1-4H2. The van der Waals surface area contributed by atoms with E-state index in [1.54, 1.807) is 0 Å². The summed E-state index contributed by atoms with van der Waals surface area (Å²) >= 11 is 0. The summed E-state index contributed by atoms with van der Waals surface area (Å²) in [5.41, 5.74) is 0. The van der Waals surface area contributed by atoms with Gasteiger partial charge in [0.05, 0.1) is 6.10 Å². The average Bonchev–Trinajstić information content (AvgIpc) is 2.20. The van der Waals surface area contributed by atoms with Crippen molar-refractivity contribution in [3.8, 4) is 0 Å². The van der Waals surface area contributed by atoms with Gasteiger partial charge in [-0.1, -0.05) is 0 Å². The monoisotopic (exact) mass is 140 g/mol. The molecule has 2 unspecified atom stereocenters. The summed E-state index contributed by atoms with van der Waals surface area (Å²) in [7, 11) is 0. The third kappa shape index (κ3) is 0.788. The molecule has 0 aromatic heterocycles. The van der Waals surface area contributed by atoms with Crippen LogP contribution in [0.3, 0.4) is 0 Å². The van der Waals surface area contributed by atoms with Crippen LogP contribution in [0.1, 0.15) is 25.7 Å². The van der Waals surface area contributed by atoms with Gasteiger partial charge in [0.2, 0.25) is 0 Å². The number of Topliss-reactive ketones (excluding diaryl/α,β-unsaturated/α-hetero) is 1. The highest BCUT2D eigenvalue weighted by Crippen LogP contribution is 2.38. The van der Waals surface area contributed by atoms with E-state index >= 15 is 0 Å². The van der Waals surface area contributed by atoms with Gasteiger partial charge in [-0.15, -0.1) is 0 Å². The van der Waals surface area contributed by atoms with Crippen LogP contribution in [-0.4, -0.2) is 17.0 Å². The molecule has 10 heavy (non-hydrogen) atoms. The summed E-state index contributed by atoms with van der Waals surface area (Å²) in [6, 6.07) is 0. The molecule has 0 radical (unpaired) electrons. The van der Waals surface area contributed by atoms with E-state index in [1.165, 1.54) is 0 Å². The Morgan fingerprint density at radius 1 is 1.20 bits per heavy atom. The second kappa shape index (κ2) is 2.06. The normalized spacial score (nSPS) is 46.1. The molecule has 2 bridgehead atoms. The fourth-order valence-corrected chi connectivity index (χ4v) is 2.24. The van der Waals surface area contributed by atoms with Crippen molar-refractivity contribution >= 4 is 5.78 Å². The van der Waals surface area contributed by atoms with Crippen LogP contribution in [0.15, 0.2) is 0 Å². The molecule has 2 aliphatic rings. The molecule has 2 aliphatic carbocycles. The zero-order valence-corrected chi connectivity index (χ0v) is 5.92. The Morgan fingerprint density at radius 2 is 1.70 bits per heavy atom. The van der Waals surface area contributed by atoms with Crippen molar-refractivity contribution in [2.75, 3.05) is 0 Å². The van der Waals surface area contributed by atoms with Gasteiger partial charge < -0.3 is 5.11 Å². The number of aliphatic hydroxyl groups excluding tert-OH is 1. The molecule has 0 heterocycles. The van der Waals surface area contributed by atoms with Crippen LogP contribution in [-0.2, 0) is 4.79 Å². The molecular formula is C8H12O2. The molecule has 56 valence electrons. The minimum Gasteiger partial charge on any atom is -0.393 e. The molecule has 0 saturated heterocycles. The number of aliphatic hydroxyl groups is 1. The van der Waals surface area contributed by atoms with Gasteiger partial charge in [-0.3, -0.25) is 4.79 Å². The number of ketones is 1. The van der Waals surface area contributed by atoms with Crippen LogP contribution in [0, 0.1) is 11.8 Å². The molecule has 2 heteroatoms. The van der Waals surface area contributed by atoms with Gasteiger partial charge in [-0.25, -0.2) is 0 Å². The third-order valence-corrected chi connectivity index (χ3v) is 2.78. The lowest BCUT2D eigenvalue weighted by Gasteiger charge is -2.21. The molecule has 2 atom stereocenters. The van der Waals surface area contributed by atoms with E-state index in [9.17, 15) is 9.90 Å². The summed E-state index contributed by atoms with van der Waals surface area (Å²) in [4.78, 5) is 11.2. The second-order valence-electron chi connectivity index (χ2n) is 3.50. The molecular weight excluding hydrogens is 128 g/mol. The lowest BCUT2D eigenvalue weighted by molar-refractivity contribution is -0.128. The largest absolute Gasteiger partial charge is 0.393 e.